The van der Waals surface area contributed by atoms with Crippen molar-refractivity contribution in [3.05, 3.63) is 22.7 Å². The first-order valence-electron chi connectivity index (χ1n) is 6.56. The molecule has 20 heavy (non-hydrogen) atoms. The molecule has 3 heterocycles. The number of hydrogen-bond acceptors (Lipinski definition) is 6. The van der Waals surface area contributed by atoms with E-state index in [0.29, 0.717) is 28.8 Å². The fourth-order valence-corrected chi connectivity index (χ4v) is 2.76. The normalized spacial score (nSPS) is 24.1. The second-order valence-corrected chi connectivity index (χ2v) is 5.84. The minimum Gasteiger partial charge on any atom is -0.444 e. The average molecular weight is 342 g/mol. The second-order valence-electron chi connectivity index (χ2n) is 5.06. The Kier molecular flexibility index (Phi) is 3.91. The van der Waals surface area contributed by atoms with E-state index >= 15 is 0 Å². The van der Waals surface area contributed by atoms with Crippen molar-refractivity contribution < 1.29 is 13.6 Å². The highest BCUT2D eigenvalue weighted by Gasteiger charge is 2.24. The Balaban J connectivity index is 1.68. The van der Waals surface area contributed by atoms with Gasteiger partial charge < -0.3 is 13.6 Å². The summed E-state index contributed by atoms with van der Waals surface area (Å²) in [6, 6.07) is 3.59. The van der Waals surface area contributed by atoms with Gasteiger partial charge in [-0.1, -0.05) is 0 Å². The molecule has 3 rings (SSSR count). The van der Waals surface area contributed by atoms with Gasteiger partial charge >= 0.3 is 0 Å². The third-order valence-corrected chi connectivity index (χ3v) is 3.53. The molecule has 6 nitrogen and oxygen atoms in total. The molecule has 0 spiro atoms. The summed E-state index contributed by atoms with van der Waals surface area (Å²) in [7, 11) is 0. The van der Waals surface area contributed by atoms with Crippen LogP contribution in [-0.2, 0) is 11.3 Å². The zero-order chi connectivity index (χ0) is 14.1. The van der Waals surface area contributed by atoms with Crippen LogP contribution in [0.2, 0.25) is 0 Å². The maximum Gasteiger partial charge on any atom is 0.283 e. The molecule has 0 amide bonds. The Hall–Kier alpha value is -1.18. The number of halogens is 1. The lowest BCUT2D eigenvalue weighted by atomic mass is 10.2. The maximum atomic E-state index is 5.70. The van der Waals surface area contributed by atoms with Crippen molar-refractivity contribution >= 4 is 15.9 Å². The van der Waals surface area contributed by atoms with Gasteiger partial charge in [-0.05, 0) is 41.9 Å². The van der Waals surface area contributed by atoms with Crippen molar-refractivity contribution in [2.45, 2.75) is 32.6 Å². The lowest BCUT2D eigenvalue weighted by Gasteiger charge is -2.34. The zero-order valence-electron chi connectivity index (χ0n) is 11.4. The quantitative estimate of drug-likeness (QED) is 0.855. The highest BCUT2D eigenvalue weighted by molar-refractivity contribution is 9.10. The van der Waals surface area contributed by atoms with Gasteiger partial charge in [-0.2, -0.15) is 0 Å². The minimum atomic E-state index is 0.224. The van der Waals surface area contributed by atoms with E-state index in [9.17, 15) is 0 Å². The number of hydrogen-bond donors (Lipinski definition) is 0. The van der Waals surface area contributed by atoms with Gasteiger partial charge in [-0.15, -0.1) is 10.2 Å². The van der Waals surface area contributed by atoms with Crippen LogP contribution < -0.4 is 0 Å². The summed E-state index contributed by atoms with van der Waals surface area (Å²) >= 11 is 3.25. The summed E-state index contributed by atoms with van der Waals surface area (Å²) in [5.74, 6) is 1.56. The predicted molar refractivity (Wildman–Crippen MR) is 75.0 cm³/mol. The van der Waals surface area contributed by atoms with Gasteiger partial charge in [0, 0.05) is 13.1 Å². The van der Waals surface area contributed by atoms with Crippen molar-refractivity contribution in [1.29, 1.82) is 0 Å². The van der Waals surface area contributed by atoms with E-state index < -0.39 is 0 Å². The van der Waals surface area contributed by atoms with Crippen LogP contribution in [0.15, 0.2) is 25.6 Å². The van der Waals surface area contributed by atoms with Gasteiger partial charge in [0.15, 0.2) is 10.4 Å². The van der Waals surface area contributed by atoms with Crippen LogP contribution >= 0.6 is 15.9 Å². The average Bonchev–Trinajstić information content (AvgIpc) is 2.96. The Labute approximate surface area is 125 Å². The molecular formula is C13H16BrN3O3. The number of ether oxygens (including phenoxy) is 1. The number of furan rings is 1. The molecule has 2 atom stereocenters. The first-order chi connectivity index (χ1) is 9.60. The monoisotopic (exact) mass is 341 g/mol. The van der Waals surface area contributed by atoms with Crippen molar-refractivity contribution in [3.63, 3.8) is 0 Å². The molecule has 2 aromatic heterocycles. The first-order valence-corrected chi connectivity index (χ1v) is 7.35. The molecule has 0 aromatic carbocycles. The summed E-state index contributed by atoms with van der Waals surface area (Å²) < 4.78 is 17.4. The lowest BCUT2D eigenvalue weighted by Crippen LogP contribution is -2.44. The molecule has 1 aliphatic rings. The topological polar surface area (TPSA) is 64.5 Å². The van der Waals surface area contributed by atoms with Crippen molar-refractivity contribution in [2.75, 3.05) is 13.1 Å². The van der Waals surface area contributed by atoms with Crippen LogP contribution in [0.4, 0.5) is 0 Å². The van der Waals surface area contributed by atoms with Gasteiger partial charge in [-0.25, -0.2) is 0 Å². The number of rotatable bonds is 3. The summed E-state index contributed by atoms with van der Waals surface area (Å²) in [5.41, 5.74) is 0. The summed E-state index contributed by atoms with van der Waals surface area (Å²) in [6.07, 6.45) is 0.448. The molecular weight excluding hydrogens is 326 g/mol. The molecule has 0 saturated carbocycles. The second kappa shape index (κ2) is 5.67. The Bertz CT molecular complexity index is 573. The lowest BCUT2D eigenvalue weighted by molar-refractivity contribution is -0.0721. The third-order valence-electron chi connectivity index (χ3n) is 3.10. The van der Waals surface area contributed by atoms with E-state index in [2.05, 4.69) is 44.9 Å². The minimum absolute atomic E-state index is 0.224. The molecule has 1 saturated heterocycles. The molecule has 0 N–H and O–H groups in total. The van der Waals surface area contributed by atoms with Crippen molar-refractivity contribution in [1.82, 2.24) is 15.1 Å². The van der Waals surface area contributed by atoms with Crippen LogP contribution in [0.3, 0.4) is 0 Å². The molecule has 0 unspecified atom stereocenters. The van der Waals surface area contributed by atoms with Crippen LogP contribution in [0.25, 0.3) is 11.7 Å². The van der Waals surface area contributed by atoms with Crippen LogP contribution in [0.5, 0.6) is 0 Å². The van der Waals surface area contributed by atoms with E-state index in [-0.39, 0.29) is 12.2 Å². The van der Waals surface area contributed by atoms with Gasteiger partial charge in [0.2, 0.25) is 5.89 Å². The van der Waals surface area contributed by atoms with Gasteiger partial charge in [-0.3, -0.25) is 4.90 Å². The largest absolute Gasteiger partial charge is 0.444 e. The predicted octanol–water partition coefficient (Wildman–Crippen LogP) is 2.70. The van der Waals surface area contributed by atoms with E-state index in [1.165, 1.54) is 0 Å². The number of aromatic nitrogens is 2. The van der Waals surface area contributed by atoms with Gasteiger partial charge in [0.25, 0.3) is 5.89 Å². The molecule has 1 aliphatic heterocycles. The molecule has 0 bridgehead atoms. The van der Waals surface area contributed by atoms with Crippen LogP contribution in [-0.4, -0.2) is 40.4 Å². The fourth-order valence-electron chi connectivity index (χ4n) is 2.45. The standard InChI is InChI=1S/C13H16BrN3O3/c1-8-5-17(6-9(2)18-8)7-12-15-16-13(20-12)10-3-4-11(14)19-10/h3-4,8-9H,5-7H2,1-2H3/t8-,9+. The molecule has 0 aliphatic carbocycles. The molecule has 7 heteroatoms. The third kappa shape index (κ3) is 3.11. The maximum absolute atomic E-state index is 5.70. The molecule has 0 radical (unpaired) electrons. The molecule has 108 valence electrons. The van der Waals surface area contributed by atoms with Crippen LogP contribution in [0, 0.1) is 0 Å². The first kappa shape index (κ1) is 13.8. The Morgan fingerprint density at radius 1 is 1.20 bits per heavy atom. The molecule has 2 aromatic rings. The highest BCUT2D eigenvalue weighted by atomic mass is 79.9. The van der Waals surface area contributed by atoms with Crippen molar-refractivity contribution in [3.8, 4) is 11.7 Å². The van der Waals surface area contributed by atoms with Crippen LogP contribution in [0.1, 0.15) is 19.7 Å². The van der Waals surface area contributed by atoms with E-state index in [1.54, 1.807) is 12.1 Å². The van der Waals surface area contributed by atoms with Gasteiger partial charge in [0.05, 0.1) is 18.8 Å². The summed E-state index contributed by atoms with van der Waals surface area (Å²) in [5, 5.41) is 8.09. The van der Waals surface area contributed by atoms with E-state index in [1.807, 2.05) is 0 Å². The van der Waals surface area contributed by atoms with E-state index in [0.717, 1.165) is 13.1 Å². The number of nitrogens with zero attached hydrogens (tertiary/aromatic N) is 3. The van der Waals surface area contributed by atoms with E-state index in [4.69, 9.17) is 13.6 Å². The highest BCUT2D eigenvalue weighted by Crippen LogP contribution is 2.24. The molecule has 1 fully saturated rings. The van der Waals surface area contributed by atoms with Gasteiger partial charge in [0.1, 0.15) is 0 Å². The fraction of sp³-hybridized carbons (Fsp3) is 0.538. The summed E-state index contributed by atoms with van der Waals surface area (Å²) in [4.78, 5) is 2.26. The zero-order valence-corrected chi connectivity index (χ0v) is 13.0. The Morgan fingerprint density at radius 3 is 2.60 bits per heavy atom. The van der Waals surface area contributed by atoms with Crippen molar-refractivity contribution in [2.24, 2.45) is 0 Å². The Morgan fingerprint density at radius 2 is 1.95 bits per heavy atom. The SMILES string of the molecule is C[C@@H]1CN(Cc2nnc(-c3ccc(Br)o3)o2)C[C@H](C)O1. The summed E-state index contributed by atoms with van der Waals surface area (Å²) in [6.45, 7) is 6.51. The smallest absolute Gasteiger partial charge is 0.283 e. The number of morpholine rings is 1.